The molecule has 276 valence electrons. The first-order chi connectivity index (χ1) is 29.2. The van der Waals surface area contributed by atoms with Crippen molar-refractivity contribution in [1.82, 2.24) is 4.57 Å². The Hall–Kier alpha value is -7.46. The highest BCUT2D eigenvalue weighted by Gasteiger charge is 2.17. The first kappa shape index (κ1) is 33.7. The van der Waals surface area contributed by atoms with Gasteiger partial charge in [0.15, 0.2) is 0 Å². The summed E-state index contributed by atoms with van der Waals surface area (Å²) in [5.41, 5.74) is 11.7. The van der Waals surface area contributed by atoms with Crippen molar-refractivity contribution in [3.05, 3.63) is 218 Å². The lowest BCUT2D eigenvalue weighted by Gasteiger charge is -2.26. The van der Waals surface area contributed by atoms with Crippen molar-refractivity contribution in [3.63, 3.8) is 0 Å². The summed E-state index contributed by atoms with van der Waals surface area (Å²) < 4.78 is 5.01. The number of hydrogen-bond acceptors (Lipinski definition) is 2. The van der Waals surface area contributed by atoms with Crippen LogP contribution in [0.25, 0.3) is 91.5 Å². The molecule has 0 fully saturated rings. The molecule has 0 amide bonds. The number of benzene rings is 10. The van der Waals surface area contributed by atoms with E-state index in [1.807, 2.05) is 11.3 Å². The second-order valence-electron chi connectivity index (χ2n) is 15.3. The Bertz CT molecular complexity index is 3500. The van der Waals surface area contributed by atoms with Crippen molar-refractivity contribution in [1.29, 1.82) is 0 Å². The minimum atomic E-state index is 1.11. The van der Waals surface area contributed by atoms with E-state index in [1.54, 1.807) is 0 Å². The SMILES string of the molecule is c1cc(-c2ccc(N(c3ccc(-c4cccc5ccccc45)cc3)c3ccc4c(c3)sc3c5ccccc5ccc43)cc2)cc(-n2c3ccccc3c3ccccc32)c1. The van der Waals surface area contributed by atoms with Crippen LogP contribution in [0.2, 0.25) is 0 Å². The van der Waals surface area contributed by atoms with Gasteiger partial charge >= 0.3 is 0 Å². The van der Waals surface area contributed by atoms with Gasteiger partial charge in [-0.25, -0.2) is 0 Å². The summed E-state index contributed by atoms with van der Waals surface area (Å²) in [6, 6.07) is 79.9. The van der Waals surface area contributed by atoms with Crippen LogP contribution in [0.3, 0.4) is 0 Å². The third-order valence-corrected chi connectivity index (χ3v) is 13.2. The lowest BCUT2D eigenvalue weighted by Crippen LogP contribution is -2.09. The van der Waals surface area contributed by atoms with Gasteiger partial charge < -0.3 is 9.47 Å². The minimum absolute atomic E-state index is 1.11. The fourth-order valence-electron chi connectivity index (χ4n) is 9.17. The van der Waals surface area contributed by atoms with Crippen LogP contribution in [0, 0.1) is 0 Å². The van der Waals surface area contributed by atoms with Crippen LogP contribution in [-0.4, -0.2) is 4.57 Å². The first-order valence-corrected chi connectivity index (χ1v) is 21.0. The predicted octanol–water partition coefficient (Wildman–Crippen LogP) is 16.3. The summed E-state index contributed by atoms with van der Waals surface area (Å²) in [7, 11) is 0. The first-order valence-electron chi connectivity index (χ1n) is 20.2. The van der Waals surface area contributed by atoms with E-state index >= 15 is 0 Å². The second-order valence-corrected chi connectivity index (χ2v) is 16.4. The summed E-state index contributed by atoms with van der Waals surface area (Å²) in [6.07, 6.45) is 0. The minimum Gasteiger partial charge on any atom is -0.310 e. The molecule has 0 radical (unpaired) electrons. The van der Waals surface area contributed by atoms with Gasteiger partial charge in [-0.15, -0.1) is 11.3 Å². The Labute approximate surface area is 346 Å². The second kappa shape index (κ2) is 13.6. The Morgan fingerprint density at radius 3 is 1.63 bits per heavy atom. The zero-order chi connectivity index (χ0) is 38.9. The standard InChI is InChI=1S/C56H36N2S/c1-3-16-46-38(11-1)13-10-20-47(46)40-25-30-43(31-26-40)57(45-32-34-51-52-33-27-39-12-2-4-17-48(39)56(52)59-55(51)36-45)42-28-23-37(24-29-42)41-14-9-15-44(35-41)58-53-21-7-5-18-49(53)50-19-6-8-22-54(50)58/h1-36H. The van der Waals surface area contributed by atoms with Gasteiger partial charge in [-0.05, 0) is 104 Å². The fourth-order valence-corrected chi connectivity index (χ4v) is 10.4. The molecule has 0 aliphatic carbocycles. The Kier molecular flexibility index (Phi) is 7.75. The monoisotopic (exact) mass is 768 g/mol. The van der Waals surface area contributed by atoms with E-state index in [0.29, 0.717) is 0 Å². The molecule has 0 saturated carbocycles. The Morgan fingerprint density at radius 2 is 0.898 bits per heavy atom. The number of para-hydroxylation sites is 2. The number of fused-ring (bicyclic) bond motifs is 9. The predicted molar refractivity (Wildman–Crippen MR) is 254 cm³/mol. The molecule has 12 aromatic rings. The van der Waals surface area contributed by atoms with Gasteiger partial charge in [-0.3, -0.25) is 0 Å². The van der Waals surface area contributed by atoms with E-state index < -0.39 is 0 Å². The van der Waals surface area contributed by atoms with Crippen LogP contribution >= 0.6 is 11.3 Å². The zero-order valence-electron chi connectivity index (χ0n) is 32.1. The van der Waals surface area contributed by atoms with E-state index in [2.05, 4.69) is 228 Å². The van der Waals surface area contributed by atoms with Crippen LogP contribution in [0.4, 0.5) is 17.1 Å². The highest BCUT2D eigenvalue weighted by Crippen LogP contribution is 2.44. The van der Waals surface area contributed by atoms with Gasteiger partial charge in [0.05, 0.1) is 11.0 Å². The molecule has 59 heavy (non-hydrogen) atoms. The van der Waals surface area contributed by atoms with Gasteiger partial charge in [0.2, 0.25) is 0 Å². The number of aromatic nitrogens is 1. The van der Waals surface area contributed by atoms with Gasteiger partial charge in [-0.1, -0.05) is 158 Å². The third-order valence-electron chi connectivity index (χ3n) is 12.0. The van der Waals surface area contributed by atoms with E-state index in [9.17, 15) is 0 Å². The van der Waals surface area contributed by atoms with Crippen molar-refractivity contribution in [2.45, 2.75) is 0 Å². The molecule has 0 saturated heterocycles. The van der Waals surface area contributed by atoms with Gasteiger partial charge in [0.25, 0.3) is 0 Å². The summed E-state index contributed by atoms with van der Waals surface area (Å²) in [4.78, 5) is 2.40. The van der Waals surface area contributed by atoms with Crippen molar-refractivity contribution < 1.29 is 0 Å². The maximum Gasteiger partial charge on any atom is 0.0541 e. The van der Waals surface area contributed by atoms with E-state index in [4.69, 9.17) is 0 Å². The molecule has 0 N–H and O–H groups in total. The maximum atomic E-state index is 2.40. The molecule has 0 aliphatic rings. The van der Waals surface area contributed by atoms with Crippen LogP contribution in [0.15, 0.2) is 218 Å². The number of thiophene rings is 1. The average molecular weight is 769 g/mol. The normalized spacial score (nSPS) is 11.7. The Balaban J connectivity index is 0.967. The van der Waals surface area contributed by atoms with Crippen LogP contribution in [0.1, 0.15) is 0 Å². The molecular weight excluding hydrogens is 733 g/mol. The lowest BCUT2D eigenvalue weighted by atomic mass is 9.98. The van der Waals surface area contributed by atoms with Crippen LogP contribution in [-0.2, 0) is 0 Å². The fraction of sp³-hybridized carbons (Fsp3) is 0. The molecule has 2 heterocycles. The largest absolute Gasteiger partial charge is 0.310 e. The van der Waals surface area contributed by atoms with Crippen LogP contribution in [0.5, 0.6) is 0 Å². The van der Waals surface area contributed by atoms with Crippen LogP contribution < -0.4 is 4.90 Å². The zero-order valence-corrected chi connectivity index (χ0v) is 32.9. The molecule has 0 aliphatic heterocycles. The molecule has 0 bridgehead atoms. The van der Waals surface area contributed by atoms with E-state index in [-0.39, 0.29) is 0 Å². The Morgan fingerprint density at radius 1 is 0.339 bits per heavy atom. The van der Waals surface area contributed by atoms with Gasteiger partial charge in [-0.2, -0.15) is 0 Å². The smallest absolute Gasteiger partial charge is 0.0541 e. The molecule has 0 unspecified atom stereocenters. The quantitative estimate of drug-likeness (QED) is 0.164. The topological polar surface area (TPSA) is 8.17 Å². The van der Waals surface area contributed by atoms with Crippen molar-refractivity contribution in [2.24, 2.45) is 0 Å². The molecular formula is C56H36N2S. The molecule has 0 atom stereocenters. The average Bonchev–Trinajstić information content (AvgIpc) is 3.85. The van der Waals surface area contributed by atoms with Gasteiger partial charge in [0.1, 0.15) is 0 Å². The lowest BCUT2D eigenvalue weighted by molar-refractivity contribution is 1.18. The number of hydrogen-bond donors (Lipinski definition) is 0. The number of anilines is 3. The summed E-state index contributed by atoms with van der Waals surface area (Å²) in [5, 5.41) is 10.3. The molecule has 12 rings (SSSR count). The van der Waals surface area contributed by atoms with Crippen molar-refractivity contribution >= 4 is 91.9 Å². The van der Waals surface area contributed by atoms with Crippen molar-refractivity contribution in [2.75, 3.05) is 4.90 Å². The maximum absolute atomic E-state index is 2.40. The molecule has 0 spiro atoms. The third kappa shape index (κ3) is 5.55. The summed E-state index contributed by atoms with van der Waals surface area (Å²) >= 11 is 1.89. The van der Waals surface area contributed by atoms with Crippen molar-refractivity contribution in [3.8, 4) is 27.9 Å². The number of rotatable bonds is 6. The van der Waals surface area contributed by atoms with Gasteiger partial charge in [0, 0.05) is 53.7 Å². The number of nitrogens with zero attached hydrogens (tertiary/aromatic N) is 2. The highest BCUT2D eigenvalue weighted by atomic mass is 32.1. The van der Waals surface area contributed by atoms with E-state index in [1.165, 1.54) is 85.8 Å². The summed E-state index contributed by atoms with van der Waals surface area (Å²) in [6.45, 7) is 0. The molecule has 3 heteroatoms. The molecule has 10 aromatic carbocycles. The van der Waals surface area contributed by atoms with E-state index in [0.717, 1.165) is 22.7 Å². The molecule has 2 aromatic heterocycles. The molecule has 2 nitrogen and oxygen atoms in total. The highest BCUT2D eigenvalue weighted by molar-refractivity contribution is 7.26. The summed E-state index contributed by atoms with van der Waals surface area (Å²) in [5.74, 6) is 0.